The van der Waals surface area contributed by atoms with Gasteiger partial charge in [0.25, 0.3) is 0 Å². The Morgan fingerprint density at radius 3 is 2.25 bits per heavy atom. The Hall–Kier alpha value is -1.41. The molecule has 0 aromatic heterocycles. The summed E-state index contributed by atoms with van der Waals surface area (Å²) in [5.41, 5.74) is 3.34. The van der Waals surface area contributed by atoms with Crippen LogP contribution in [0.5, 0.6) is 0 Å². The summed E-state index contributed by atoms with van der Waals surface area (Å²) < 4.78 is 1.07. The first kappa shape index (κ1) is 13.6. The average molecular weight is 329 g/mol. The normalized spacial score (nSPS) is 24.4. The Labute approximate surface area is 128 Å². The number of hydrogen-bond donors (Lipinski definition) is 0. The lowest BCUT2D eigenvalue weighted by Gasteiger charge is -2.15. The fourth-order valence-electron chi connectivity index (χ4n) is 3.12. The highest BCUT2D eigenvalue weighted by Crippen LogP contribution is 2.61. The molecule has 2 atom stereocenters. The minimum atomic E-state index is -0.304. The van der Waals surface area contributed by atoms with Crippen molar-refractivity contribution in [2.24, 2.45) is 0 Å². The summed E-state index contributed by atoms with van der Waals surface area (Å²) in [6.45, 7) is 3.79. The first-order valence-electron chi connectivity index (χ1n) is 6.87. The zero-order chi connectivity index (χ0) is 14.3. The number of aryl methyl sites for hydroxylation is 1. The summed E-state index contributed by atoms with van der Waals surface area (Å²) in [7, 11) is 0. The van der Waals surface area contributed by atoms with Crippen molar-refractivity contribution in [3.8, 4) is 0 Å². The molecule has 1 saturated carbocycles. The molecule has 2 aromatic carbocycles. The number of benzene rings is 2. The van der Waals surface area contributed by atoms with Gasteiger partial charge in [0, 0.05) is 10.4 Å². The van der Waals surface area contributed by atoms with Crippen molar-refractivity contribution in [1.82, 2.24) is 0 Å². The second-order valence-corrected chi connectivity index (χ2v) is 6.62. The SMILES string of the molecule is CC(=O)[C@@]1(c2ccc(C)cc2)C[C@@H]1c1ccc(Br)cc1. The van der Waals surface area contributed by atoms with Crippen LogP contribution in [0.1, 0.15) is 36.0 Å². The molecule has 0 amide bonds. The third-order valence-electron chi connectivity index (χ3n) is 4.43. The quantitative estimate of drug-likeness (QED) is 0.793. The minimum absolute atomic E-state index is 0.272. The second-order valence-electron chi connectivity index (χ2n) is 5.70. The largest absolute Gasteiger partial charge is 0.299 e. The van der Waals surface area contributed by atoms with Gasteiger partial charge in [-0.3, -0.25) is 4.79 Å². The molecule has 1 fully saturated rings. The third kappa shape index (κ3) is 2.12. The summed E-state index contributed by atoms with van der Waals surface area (Å²) in [4.78, 5) is 12.3. The molecule has 2 heteroatoms. The molecule has 0 N–H and O–H groups in total. The van der Waals surface area contributed by atoms with Crippen molar-refractivity contribution in [3.63, 3.8) is 0 Å². The van der Waals surface area contributed by atoms with Gasteiger partial charge in [0.05, 0.1) is 5.41 Å². The van der Waals surface area contributed by atoms with E-state index in [2.05, 4.69) is 59.3 Å². The van der Waals surface area contributed by atoms with Gasteiger partial charge in [-0.15, -0.1) is 0 Å². The van der Waals surface area contributed by atoms with E-state index in [0.29, 0.717) is 5.92 Å². The lowest BCUT2D eigenvalue weighted by molar-refractivity contribution is -0.119. The Balaban J connectivity index is 1.98. The number of hydrogen-bond acceptors (Lipinski definition) is 1. The van der Waals surface area contributed by atoms with Crippen molar-refractivity contribution >= 4 is 21.7 Å². The van der Waals surface area contributed by atoms with Crippen LogP contribution in [0.4, 0.5) is 0 Å². The molecule has 0 aliphatic heterocycles. The molecule has 0 saturated heterocycles. The van der Waals surface area contributed by atoms with Crippen LogP contribution in [-0.2, 0) is 10.2 Å². The maximum atomic E-state index is 12.3. The lowest BCUT2D eigenvalue weighted by atomic mass is 9.87. The molecule has 0 radical (unpaired) electrons. The highest BCUT2D eigenvalue weighted by molar-refractivity contribution is 9.10. The van der Waals surface area contributed by atoms with Gasteiger partial charge >= 0.3 is 0 Å². The van der Waals surface area contributed by atoms with Crippen molar-refractivity contribution < 1.29 is 4.79 Å². The molecule has 102 valence electrons. The average Bonchev–Trinajstić information content (AvgIpc) is 3.17. The van der Waals surface area contributed by atoms with Gasteiger partial charge < -0.3 is 0 Å². The van der Waals surface area contributed by atoms with E-state index in [1.54, 1.807) is 6.92 Å². The number of carbonyl (C=O) groups excluding carboxylic acids is 1. The number of carbonyl (C=O) groups is 1. The highest BCUT2D eigenvalue weighted by atomic mass is 79.9. The monoisotopic (exact) mass is 328 g/mol. The molecule has 0 unspecified atom stereocenters. The summed E-state index contributed by atoms with van der Waals surface area (Å²) in [5, 5.41) is 0. The fraction of sp³-hybridized carbons (Fsp3) is 0.278. The van der Waals surface area contributed by atoms with Crippen LogP contribution in [0.15, 0.2) is 53.0 Å². The van der Waals surface area contributed by atoms with Gasteiger partial charge in [0.1, 0.15) is 5.78 Å². The predicted octanol–water partition coefficient (Wildman–Crippen LogP) is 4.77. The van der Waals surface area contributed by atoms with Gasteiger partial charge in [-0.25, -0.2) is 0 Å². The van der Waals surface area contributed by atoms with Gasteiger partial charge in [0.15, 0.2) is 0 Å². The fourth-order valence-corrected chi connectivity index (χ4v) is 3.39. The molecule has 3 rings (SSSR count). The van der Waals surface area contributed by atoms with E-state index in [1.165, 1.54) is 11.1 Å². The second kappa shape index (κ2) is 4.85. The molecule has 1 aliphatic carbocycles. The number of Topliss-reactive ketones (excluding diaryl/α,β-unsaturated/α-hetero) is 1. The maximum absolute atomic E-state index is 12.3. The van der Waals surface area contributed by atoms with E-state index in [9.17, 15) is 4.79 Å². The number of halogens is 1. The van der Waals surface area contributed by atoms with Gasteiger partial charge in [0.2, 0.25) is 0 Å². The van der Waals surface area contributed by atoms with Crippen LogP contribution in [0, 0.1) is 6.92 Å². The standard InChI is InChI=1S/C18H17BrO/c1-12-3-7-15(8-4-12)18(13(2)20)11-17(18)14-5-9-16(19)10-6-14/h3-10,17H,11H2,1-2H3/t17-,18-/m1/s1. The van der Waals surface area contributed by atoms with Gasteiger partial charge in [-0.05, 0) is 43.5 Å². The molecular formula is C18H17BrO. The molecule has 0 bridgehead atoms. The zero-order valence-corrected chi connectivity index (χ0v) is 13.3. The Bertz CT molecular complexity index is 642. The van der Waals surface area contributed by atoms with Crippen molar-refractivity contribution in [2.75, 3.05) is 0 Å². The van der Waals surface area contributed by atoms with E-state index in [1.807, 2.05) is 12.1 Å². The van der Waals surface area contributed by atoms with E-state index in [0.717, 1.165) is 16.5 Å². The third-order valence-corrected chi connectivity index (χ3v) is 4.96. The zero-order valence-electron chi connectivity index (χ0n) is 11.7. The smallest absolute Gasteiger partial charge is 0.140 e. The maximum Gasteiger partial charge on any atom is 0.140 e. The topological polar surface area (TPSA) is 17.1 Å². The molecule has 0 heterocycles. The van der Waals surface area contributed by atoms with Gasteiger partial charge in [-0.1, -0.05) is 57.9 Å². The van der Waals surface area contributed by atoms with Crippen LogP contribution >= 0.6 is 15.9 Å². The van der Waals surface area contributed by atoms with Crippen LogP contribution in [0.3, 0.4) is 0 Å². The number of ketones is 1. The van der Waals surface area contributed by atoms with Crippen molar-refractivity contribution in [1.29, 1.82) is 0 Å². The number of rotatable bonds is 3. The van der Waals surface area contributed by atoms with Crippen molar-refractivity contribution in [3.05, 3.63) is 69.7 Å². The molecular weight excluding hydrogens is 312 g/mol. The van der Waals surface area contributed by atoms with Gasteiger partial charge in [-0.2, -0.15) is 0 Å². The van der Waals surface area contributed by atoms with Crippen molar-refractivity contribution in [2.45, 2.75) is 31.6 Å². The first-order valence-corrected chi connectivity index (χ1v) is 7.67. The Morgan fingerprint density at radius 2 is 1.70 bits per heavy atom. The predicted molar refractivity (Wildman–Crippen MR) is 85.0 cm³/mol. The van der Waals surface area contributed by atoms with E-state index in [-0.39, 0.29) is 11.2 Å². The highest BCUT2D eigenvalue weighted by Gasteiger charge is 2.59. The Kier molecular flexibility index (Phi) is 3.29. The van der Waals surface area contributed by atoms with E-state index < -0.39 is 0 Å². The molecule has 0 spiro atoms. The Morgan fingerprint density at radius 1 is 1.10 bits per heavy atom. The van der Waals surface area contributed by atoms with E-state index >= 15 is 0 Å². The lowest BCUT2D eigenvalue weighted by Crippen LogP contribution is -2.19. The van der Waals surface area contributed by atoms with Crippen LogP contribution < -0.4 is 0 Å². The molecule has 20 heavy (non-hydrogen) atoms. The molecule has 1 aliphatic rings. The molecule has 2 aromatic rings. The van der Waals surface area contributed by atoms with Crippen LogP contribution in [-0.4, -0.2) is 5.78 Å². The summed E-state index contributed by atoms with van der Waals surface area (Å²) in [6.07, 6.45) is 0.924. The van der Waals surface area contributed by atoms with E-state index in [4.69, 9.17) is 0 Å². The summed E-state index contributed by atoms with van der Waals surface area (Å²) >= 11 is 3.46. The minimum Gasteiger partial charge on any atom is -0.299 e. The van der Waals surface area contributed by atoms with Crippen LogP contribution in [0.2, 0.25) is 0 Å². The summed E-state index contributed by atoms with van der Waals surface area (Å²) in [6, 6.07) is 16.7. The van der Waals surface area contributed by atoms with Crippen LogP contribution in [0.25, 0.3) is 0 Å². The summed E-state index contributed by atoms with van der Waals surface area (Å²) in [5.74, 6) is 0.588. The molecule has 1 nitrogen and oxygen atoms in total. The first-order chi connectivity index (χ1) is 9.54.